The van der Waals surface area contributed by atoms with E-state index in [-0.39, 0.29) is 0 Å². The van der Waals surface area contributed by atoms with E-state index in [1.54, 1.807) is 0 Å². The molecule has 0 spiro atoms. The Morgan fingerprint density at radius 1 is 0.382 bits per heavy atom. The van der Waals surface area contributed by atoms with Crippen LogP contribution in [0.25, 0.3) is 55.0 Å². The van der Waals surface area contributed by atoms with Gasteiger partial charge in [0.05, 0.1) is 22.1 Å². The van der Waals surface area contributed by atoms with E-state index in [2.05, 4.69) is 132 Å². The lowest BCUT2D eigenvalue weighted by atomic mass is 10.1. The van der Waals surface area contributed by atoms with Gasteiger partial charge in [0.15, 0.2) is 0 Å². The van der Waals surface area contributed by atoms with Gasteiger partial charge in [0.1, 0.15) is 0 Å². The summed E-state index contributed by atoms with van der Waals surface area (Å²) in [5.74, 6) is 0. The van der Waals surface area contributed by atoms with Crippen LogP contribution in [0.1, 0.15) is 11.1 Å². The molecule has 0 fully saturated rings. The fraction of sp³-hybridized carbons (Fsp3) is 0.0625. The molecule has 0 saturated carbocycles. The van der Waals surface area contributed by atoms with E-state index in [0.29, 0.717) is 0 Å². The molecule has 0 atom stereocenters. The number of benzene rings is 5. The molecule has 0 aliphatic heterocycles. The predicted octanol–water partition coefficient (Wildman–Crippen LogP) is 8.50. The number of hydrogen-bond acceptors (Lipinski definition) is 0. The van der Waals surface area contributed by atoms with Gasteiger partial charge in [0, 0.05) is 32.9 Å². The molecule has 34 heavy (non-hydrogen) atoms. The fourth-order valence-electron chi connectivity index (χ4n) is 5.58. The summed E-state index contributed by atoms with van der Waals surface area (Å²) in [6.07, 6.45) is 0. The summed E-state index contributed by atoms with van der Waals surface area (Å²) in [5.41, 5.74) is 9.98. The van der Waals surface area contributed by atoms with Gasteiger partial charge in [-0.15, -0.1) is 0 Å². The first kappa shape index (κ1) is 19.2. The van der Waals surface area contributed by atoms with Crippen LogP contribution >= 0.6 is 0 Å². The average Bonchev–Trinajstić information content (AvgIpc) is 3.36. The van der Waals surface area contributed by atoms with Crippen molar-refractivity contribution in [1.82, 2.24) is 9.13 Å². The zero-order valence-electron chi connectivity index (χ0n) is 19.3. The van der Waals surface area contributed by atoms with Crippen molar-refractivity contribution in [2.24, 2.45) is 0 Å². The topological polar surface area (TPSA) is 9.86 Å². The van der Waals surface area contributed by atoms with Gasteiger partial charge in [-0.3, -0.25) is 0 Å². The van der Waals surface area contributed by atoms with Crippen molar-refractivity contribution in [3.8, 4) is 11.4 Å². The zero-order chi connectivity index (χ0) is 22.8. The highest BCUT2D eigenvalue weighted by Crippen LogP contribution is 2.40. The number of hydrogen-bond donors (Lipinski definition) is 0. The number of rotatable bonds is 2. The van der Waals surface area contributed by atoms with E-state index >= 15 is 0 Å². The molecule has 162 valence electrons. The van der Waals surface area contributed by atoms with Crippen molar-refractivity contribution < 1.29 is 0 Å². The Morgan fingerprint density at radius 2 is 0.765 bits per heavy atom. The number of aryl methyl sites for hydroxylation is 2. The molecule has 5 aromatic carbocycles. The summed E-state index contributed by atoms with van der Waals surface area (Å²) in [6, 6.07) is 39.6. The second-order valence-corrected chi connectivity index (χ2v) is 9.16. The van der Waals surface area contributed by atoms with Crippen molar-refractivity contribution in [1.29, 1.82) is 0 Å². The molecular formula is C32H24N2. The van der Waals surface area contributed by atoms with Gasteiger partial charge < -0.3 is 9.13 Å². The molecule has 7 aromatic rings. The summed E-state index contributed by atoms with van der Waals surface area (Å²) >= 11 is 0. The van der Waals surface area contributed by atoms with Crippen LogP contribution in [0, 0.1) is 13.8 Å². The van der Waals surface area contributed by atoms with Crippen LogP contribution < -0.4 is 0 Å². The molecule has 2 nitrogen and oxygen atoms in total. The smallest absolute Gasteiger partial charge is 0.0548 e. The first-order chi connectivity index (χ1) is 16.7. The summed E-state index contributed by atoms with van der Waals surface area (Å²) < 4.78 is 4.86. The van der Waals surface area contributed by atoms with E-state index < -0.39 is 0 Å². The predicted molar refractivity (Wildman–Crippen MR) is 145 cm³/mol. The molecule has 0 bridgehead atoms. The van der Waals surface area contributed by atoms with E-state index in [9.17, 15) is 0 Å². The zero-order valence-corrected chi connectivity index (χ0v) is 19.3. The Morgan fingerprint density at radius 3 is 1.21 bits per heavy atom. The molecule has 0 amide bonds. The Bertz CT molecular complexity index is 1740. The second-order valence-electron chi connectivity index (χ2n) is 9.16. The van der Waals surface area contributed by atoms with Crippen LogP contribution in [-0.4, -0.2) is 9.13 Å². The lowest BCUT2D eigenvalue weighted by molar-refractivity contribution is 1.14. The minimum Gasteiger partial charge on any atom is -0.309 e. The van der Waals surface area contributed by atoms with Crippen LogP contribution in [0.3, 0.4) is 0 Å². The Kier molecular flexibility index (Phi) is 4.01. The van der Waals surface area contributed by atoms with Crippen molar-refractivity contribution in [2.45, 2.75) is 13.8 Å². The van der Waals surface area contributed by atoms with Crippen molar-refractivity contribution in [3.05, 3.63) is 120 Å². The third-order valence-electron chi connectivity index (χ3n) is 7.18. The van der Waals surface area contributed by atoms with Gasteiger partial charge in [-0.1, -0.05) is 72.8 Å². The van der Waals surface area contributed by atoms with Gasteiger partial charge in [-0.2, -0.15) is 0 Å². The highest BCUT2D eigenvalue weighted by molar-refractivity contribution is 6.19. The highest BCUT2D eigenvalue weighted by atomic mass is 15.0. The van der Waals surface area contributed by atoms with Crippen LogP contribution in [0.15, 0.2) is 109 Å². The minimum atomic E-state index is 1.23. The van der Waals surface area contributed by atoms with E-state index in [1.165, 1.54) is 66.1 Å². The maximum atomic E-state index is 2.43. The number of nitrogens with zero attached hydrogens (tertiary/aromatic N) is 2. The van der Waals surface area contributed by atoms with E-state index in [0.717, 1.165) is 0 Å². The third kappa shape index (κ3) is 2.57. The Labute approximate surface area is 198 Å². The minimum absolute atomic E-state index is 1.23. The monoisotopic (exact) mass is 436 g/mol. The van der Waals surface area contributed by atoms with Crippen molar-refractivity contribution in [2.75, 3.05) is 0 Å². The molecule has 0 unspecified atom stereocenters. The largest absolute Gasteiger partial charge is 0.309 e. The average molecular weight is 437 g/mol. The molecule has 0 aliphatic rings. The highest BCUT2D eigenvalue weighted by Gasteiger charge is 2.19. The first-order valence-corrected chi connectivity index (χ1v) is 11.8. The first-order valence-electron chi connectivity index (χ1n) is 11.8. The van der Waals surface area contributed by atoms with Gasteiger partial charge in [-0.05, 0) is 61.4 Å². The summed E-state index contributed by atoms with van der Waals surface area (Å²) in [7, 11) is 0. The molecule has 0 radical (unpaired) electrons. The second kappa shape index (κ2) is 7.10. The normalized spacial score (nSPS) is 11.8. The standard InChI is InChI=1S/C32H24N2/c1-21-11-3-7-15-27(21)33-29-17-9-5-13-23(29)25-20-32-26(19-31(25)33)24-14-6-10-18-30(24)34(32)28-16-8-4-12-22(28)2/h3-20H,1-2H3. The molecule has 2 aromatic heterocycles. The van der Waals surface area contributed by atoms with Crippen LogP contribution in [-0.2, 0) is 0 Å². The van der Waals surface area contributed by atoms with Crippen molar-refractivity contribution in [3.63, 3.8) is 0 Å². The van der Waals surface area contributed by atoms with Crippen molar-refractivity contribution >= 4 is 43.6 Å². The molecule has 0 N–H and O–H groups in total. The number of aromatic nitrogens is 2. The molecule has 0 aliphatic carbocycles. The Hall–Kier alpha value is -4.30. The molecule has 2 heterocycles. The summed E-state index contributed by atoms with van der Waals surface area (Å²) in [5, 5.41) is 5.13. The van der Waals surface area contributed by atoms with Gasteiger partial charge in [-0.25, -0.2) is 0 Å². The van der Waals surface area contributed by atoms with E-state index in [1.807, 2.05) is 0 Å². The molecule has 0 saturated heterocycles. The SMILES string of the molecule is Cc1ccccc1-n1c2ccccc2c2cc3c(cc21)c1ccccc1n3-c1ccccc1C. The van der Waals surface area contributed by atoms with Gasteiger partial charge in [0.25, 0.3) is 0 Å². The van der Waals surface area contributed by atoms with Crippen LogP contribution in [0.5, 0.6) is 0 Å². The van der Waals surface area contributed by atoms with E-state index in [4.69, 9.17) is 0 Å². The third-order valence-corrected chi connectivity index (χ3v) is 7.18. The number of fused-ring (bicyclic) bond motifs is 6. The lowest BCUT2D eigenvalue weighted by Crippen LogP contribution is -1.97. The maximum Gasteiger partial charge on any atom is 0.0548 e. The molecule has 7 rings (SSSR count). The van der Waals surface area contributed by atoms with Crippen LogP contribution in [0.2, 0.25) is 0 Å². The lowest BCUT2D eigenvalue weighted by Gasteiger charge is -2.12. The van der Waals surface area contributed by atoms with Crippen LogP contribution in [0.4, 0.5) is 0 Å². The van der Waals surface area contributed by atoms with Gasteiger partial charge in [0.2, 0.25) is 0 Å². The quantitative estimate of drug-likeness (QED) is 0.257. The van der Waals surface area contributed by atoms with Gasteiger partial charge >= 0.3 is 0 Å². The Balaban J connectivity index is 1.71. The summed E-state index contributed by atoms with van der Waals surface area (Å²) in [6.45, 7) is 4.39. The maximum absolute atomic E-state index is 2.43. The fourth-order valence-corrected chi connectivity index (χ4v) is 5.58. The summed E-state index contributed by atoms with van der Waals surface area (Å²) in [4.78, 5) is 0. The molecule has 2 heteroatoms. The number of para-hydroxylation sites is 4. The molecular weight excluding hydrogens is 412 g/mol.